The Morgan fingerprint density at radius 3 is 0.818 bits per heavy atom. The van der Waals surface area contributed by atoms with Crippen LogP contribution in [0.5, 0.6) is 0 Å². The van der Waals surface area contributed by atoms with Gasteiger partial charge in [-0.2, -0.15) is 0 Å². The summed E-state index contributed by atoms with van der Waals surface area (Å²) in [4.78, 5) is 0. The summed E-state index contributed by atoms with van der Waals surface area (Å²) >= 11 is 0. The highest BCUT2D eigenvalue weighted by molar-refractivity contribution is 7.93. The molecule has 0 atom stereocenters. The van der Waals surface area contributed by atoms with Gasteiger partial charge in [-0.15, -0.1) is 0 Å². The van der Waals surface area contributed by atoms with Crippen molar-refractivity contribution >= 4 is 32.6 Å². The Morgan fingerprint density at radius 1 is 0.394 bits per heavy atom. The molecule has 0 amide bonds. The van der Waals surface area contributed by atoms with E-state index in [1.54, 1.807) is 0 Å². The van der Waals surface area contributed by atoms with Crippen LogP contribution < -0.4 is 21.3 Å². The standard InChI is InChI=1S/C26H26N4O2S/c31-33(32,25(27-21-13-5-1-6-14-21)28-22-15-7-2-8-16-22)26(29-23-17-9-3-10-18-23)30-24-19-11-4-12-20-24/h1-20,25-30H. The molecule has 0 saturated heterocycles. The van der Waals surface area contributed by atoms with Crippen LogP contribution in [0.15, 0.2) is 121 Å². The van der Waals surface area contributed by atoms with Gasteiger partial charge in [0, 0.05) is 22.7 Å². The van der Waals surface area contributed by atoms with Gasteiger partial charge in [0.25, 0.3) is 0 Å². The van der Waals surface area contributed by atoms with Crippen molar-refractivity contribution in [1.82, 2.24) is 0 Å². The molecule has 0 fully saturated rings. The fourth-order valence-corrected chi connectivity index (χ4v) is 4.75. The van der Waals surface area contributed by atoms with Gasteiger partial charge in [0.05, 0.1) is 0 Å². The molecule has 0 unspecified atom stereocenters. The van der Waals surface area contributed by atoms with Crippen molar-refractivity contribution in [3.8, 4) is 0 Å². The van der Waals surface area contributed by atoms with Crippen molar-refractivity contribution in [2.75, 3.05) is 21.3 Å². The molecule has 7 heteroatoms. The van der Waals surface area contributed by atoms with Gasteiger partial charge >= 0.3 is 0 Å². The number of benzene rings is 4. The minimum atomic E-state index is -3.90. The van der Waals surface area contributed by atoms with Gasteiger partial charge in [0.1, 0.15) is 0 Å². The minimum Gasteiger partial charge on any atom is -0.353 e. The highest BCUT2D eigenvalue weighted by Gasteiger charge is 2.35. The maximum atomic E-state index is 14.0. The lowest BCUT2D eigenvalue weighted by atomic mass is 10.3. The van der Waals surface area contributed by atoms with Crippen LogP contribution in [0, 0.1) is 0 Å². The van der Waals surface area contributed by atoms with Crippen molar-refractivity contribution in [3.05, 3.63) is 121 Å². The maximum absolute atomic E-state index is 14.0. The molecule has 0 heterocycles. The minimum absolute atomic E-state index is 0.688. The lowest BCUT2D eigenvalue weighted by Gasteiger charge is -2.29. The first-order valence-electron chi connectivity index (χ1n) is 10.6. The van der Waals surface area contributed by atoms with Gasteiger partial charge in [-0.3, -0.25) is 0 Å². The number of hydrogen-bond acceptors (Lipinski definition) is 6. The molecule has 0 radical (unpaired) electrons. The zero-order valence-electron chi connectivity index (χ0n) is 17.9. The number of sulfone groups is 1. The van der Waals surface area contributed by atoms with Gasteiger partial charge in [-0.05, 0) is 48.5 Å². The van der Waals surface area contributed by atoms with Gasteiger partial charge in [-0.25, -0.2) is 8.42 Å². The zero-order valence-corrected chi connectivity index (χ0v) is 18.7. The van der Waals surface area contributed by atoms with Gasteiger partial charge in [0.2, 0.25) is 20.8 Å². The molecule has 168 valence electrons. The van der Waals surface area contributed by atoms with Crippen molar-refractivity contribution in [2.45, 2.75) is 11.0 Å². The Morgan fingerprint density at radius 2 is 0.606 bits per heavy atom. The second-order valence-corrected chi connectivity index (χ2v) is 9.51. The summed E-state index contributed by atoms with van der Waals surface area (Å²) in [6, 6.07) is 37.1. The second-order valence-electron chi connectivity index (χ2n) is 7.39. The van der Waals surface area contributed by atoms with Crippen molar-refractivity contribution in [3.63, 3.8) is 0 Å². The quantitative estimate of drug-likeness (QED) is 0.238. The maximum Gasteiger partial charge on any atom is 0.229 e. The third-order valence-electron chi connectivity index (χ3n) is 4.94. The lowest BCUT2D eigenvalue weighted by molar-refractivity contribution is 0.583. The number of hydrogen-bond donors (Lipinski definition) is 4. The summed E-state index contributed by atoms with van der Waals surface area (Å²) in [6.45, 7) is 0. The van der Waals surface area contributed by atoms with E-state index < -0.39 is 20.8 Å². The summed E-state index contributed by atoms with van der Waals surface area (Å²) in [5, 5.41) is 12.6. The van der Waals surface area contributed by atoms with E-state index in [9.17, 15) is 8.42 Å². The van der Waals surface area contributed by atoms with Crippen LogP contribution in [0.25, 0.3) is 0 Å². The summed E-state index contributed by atoms with van der Waals surface area (Å²) in [5.74, 6) is 0. The fraction of sp³-hybridized carbons (Fsp3) is 0.0769. The Hall–Kier alpha value is -3.97. The summed E-state index contributed by atoms with van der Waals surface area (Å²) in [6.07, 6.45) is 0. The molecule has 6 nitrogen and oxygen atoms in total. The molecule has 0 aliphatic carbocycles. The summed E-state index contributed by atoms with van der Waals surface area (Å²) in [5.41, 5.74) is 0.528. The van der Waals surface area contributed by atoms with E-state index in [1.165, 1.54) is 0 Å². The highest BCUT2D eigenvalue weighted by Crippen LogP contribution is 2.21. The molecule has 0 aliphatic rings. The van der Waals surface area contributed by atoms with E-state index in [0.717, 1.165) is 0 Å². The number of para-hydroxylation sites is 4. The number of nitrogens with one attached hydrogen (secondary N) is 4. The van der Waals surface area contributed by atoms with E-state index in [-0.39, 0.29) is 0 Å². The first-order valence-corrected chi connectivity index (χ1v) is 12.2. The third-order valence-corrected chi connectivity index (χ3v) is 6.73. The van der Waals surface area contributed by atoms with Crippen LogP contribution in [-0.4, -0.2) is 19.4 Å². The van der Waals surface area contributed by atoms with E-state index in [2.05, 4.69) is 21.3 Å². The predicted molar refractivity (Wildman–Crippen MR) is 137 cm³/mol. The largest absolute Gasteiger partial charge is 0.353 e. The fourth-order valence-electron chi connectivity index (χ4n) is 3.28. The average molecular weight is 459 g/mol. The topological polar surface area (TPSA) is 82.3 Å². The Balaban J connectivity index is 1.69. The molecule has 4 aromatic rings. The average Bonchev–Trinajstić information content (AvgIpc) is 2.86. The molecular weight excluding hydrogens is 432 g/mol. The van der Waals surface area contributed by atoms with Crippen LogP contribution in [0.3, 0.4) is 0 Å². The van der Waals surface area contributed by atoms with Crippen LogP contribution in [0.4, 0.5) is 22.7 Å². The number of anilines is 4. The van der Waals surface area contributed by atoms with Crippen molar-refractivity contribution in [1.29, 1.82) is 0 Å². The Bertz CT molecular complexity index is 1050. The normalized spacial score (nSPS) is 11.2. The van der Waals surface area contributed by atoms with E-state index in [4.69, 9.17) is 0 Å². The first-order chi connectivity index (χ1) is 16.1. The SMILES string of the molecule is O=S(=O)(C(Nc1ccccc1)Nc1ccccc1)C(Nc1ccccc1)Nc1ccccc1. The van der Waals surface area contributed by atoms with E-state index in [1.807, 2.05) is 121 Å². The second kappa shape index (κ2) is 10.6. The molecule has 4 N–H and O–H groups in total. The van der Waals surface area contributed by atoms with Crippen LogP contribution >= 0.6 is 0 Å². The van der Waals surface area contributed by atoms with E-state index in [0.29, 0.717) is 22.7 Å². The monoisotopic (exact) mass is 458 g/mol. The molecule has 0 bridgehead atoms. The summed E-state index contributed by atoms with van der Waals surface area (Å²) in [7, 11) is -3.90. The molecule has 0 spiro atoms. The van der Waals surface area contributed by atoms with Gasteiger partial charge in [-0.1, -0.05) is 72.8 Å². The van der Waals surface area contributed by atoms with Crippen molar-refractivity contribution < 1.29 is 8.42 Å². The Kier molecular flexibility index (Phi) is 7.12. The molecule has 4 aromatic carbocycles. The third kappa shape index (κ3) is 6.05. The van der Waals surface area contributed by atoms with Gasteiger partial charge in [0.15, 0.2) is 0 Å². The van der Waals surface area contributed by atoms with Crippen LogP contribution in [0.2, 0.25) is 0 Å². The predicted octanol–water partition coefficient (Wildman–Crippen LogP) is 5.42. The van der Waals surface area contributed by atoms with Crippen LogP contribution in [-0.2, 0) is 9.84 Å². The molecule has 0 aromatic heterocycles. The number of rotatable bonds is 10. The summed E-state index contributed by atoms with van der Waals surface area (Å²) < 4.78 is 28.0. The zero-order chi connectivity index (χ0) is 22.9. The molecule has 33 heavy (non-hydrogen) atoms. The Labute approximate surface area is 194 Å². The lowest BCUT2D eigenvalue weighted by Crippen LogP contribution is -2.49. The molecular formula is C26H26N4O2S. The smallest absolute Gasteiger partial charge is 0.229 e. The first kappa shape index (κ1) is 22.2. The highest BCUT2D eigenvalue weighted by atomic mass is 32.2. The van der Waals surface area contributed by atoms with E-state index >= 15 is 0 Å². The van der Waals surface area contributed by atoms with Gasteiger partial charge < -0.3 is 21.3 Å². The molecule has 0 saturated carbocycles. The molecule has 4 rings (SSSR count). The van der Waals surface area contributed by atoms with Crippen molar-refractivity contribution in [2.24, 2.45) is 0 Å². The molecule has 0 aliphatic heterocycles. The van der Waals surface area contributed by atoms with Crippen LogP contribution in [0.1, 0.15) is 0 Å².